The molecule has 0 radical (unpaired) electrons. The van der Waals surface area contributed by atoms with Gasteiger partial charge in [0, 0.05) is 30.2 Å². The van der Waals surface area contributed by atoms with Gasteiger partial charge in [-0.2, -0.15) is 10.1 Å². The molecule has 0 aliphatic carbocycles. The summed E-state index contributed by atoms with van der Waals surface area (Å²) in [5.41, 5.74) is 0.913. The summed E-state index contributed by atoms with van der Waals surface area (Å²) in [6.07, 6.45) is 0. The number of rotatable bonds is 8. The molecule has 0 bridgehead atoms. The molecular weight excluding hydrogens is 517 g/mol. The van der Waals surface area contributed by atoms with Gasteiger partial charge in [0.15, 0.2) is 0 Å². The van der Waals surface area contributed by atoms with Crippen LogP contribution in [-0.4, -0.2) is 35.6 Å². The van der Waals surface area contributed by atoms with Crippen molar-refractivity contribution in [2.45, 2.75) is 40.3 Å². The Hall–Kier alpha value is -3.77. The van der Waals surface area contributed by atoms with Crippen LogP contribution in [0.4, 0.5) is 21.5 Å². The molecule has 13 heteroatoms. The summed E-state index contributed by atoms with van der Waals surface area (Å²) >= 11 is 6.30. The summed E-state index contributed by atoms with van der Waals surface area (Å²) in [5, 5.41) is 15.2. The molecule has 0 fully saturated rings. The van der Waals surface area contributed by atoms with Crippen molar-refractivity contribution in [1.82, 2.24) is 15.4 Å². The quantitative estimate of drug-likeness (QED) is 0.363. The first-order valence-corrected chi connectivity index (χ1v) is 12.4. The molecule has 3 heterocycles. The second-order valence-corrected chi connectivity index (χ2v) is 10.9. The van der Waals surface area contributed by atoms with E-state index in [-0.39, 0.29) is 34.2 Å². The molecule has 5 rings (SSSR count). The Morgan fingerprint density at radius 2 is 1.89 bits per heavy atom. The molecule has 1 amide bonds. The Kier molecular flexibility index (Phi) is 6.48. The Labute approximate surface area is 222 Å². The van der Waals surface area contributed by atoms with Crippen LogP contribution in [0.2, 0.25) is 5.02 Å². The minimum atomic E-state index is -0.811. The number of carbonyl (C=O) groups is 1. The van der Waals surface area contributed by atoms with Crippen LogP contribution in [0, 0.1) is 18.2 Å². The van der Waals surface area contributed by atoms with Gasteiger partial charge in [-0.15, -0.1) is 0 Å². The zero-order valence-electron chi connectivity index (χ0n) is 21.3. The molecule has 38 heavy (non-hydrogen) atoms. The number of aryl methyl sites for hydroxylation is 1. The number of fused-ring (bicyclic) bond motifs is 1. The monoisotopic (exact) mass is 543 g/mol. The third kappa shape index (κ3) is 4.54. The van der Waals surface area contributed by atoms with Crippen LogP contribution in [0.3, 0.4) is 0 Å². The molecule has 0 unspecified atom stereocenters. The van der Waals surface area contributed by atoms with E-state index in [1.807, 2.05) is 33.8 Å². The van der Waals surface area contributed by atoms with Gasteiger partial charge in [-0.05, 0) is 30.5 Å². The minimum Gasteiger partial charge on any atom is -0.464 e. The van der Waals surface area contributed by atoms with Gasteiger partial charge in [-0.25, -0.2) is 9.93 Å². The Morgan fingerprint density at radius 1 is 1.16 bits per heavy atom. The average Bonchev–Trinajstić information content (AvgIpc) is 3.59. The van der Waals surface area contributed by atoms with Crippen LogP contribution in [0.1, 0.15) is 54.3 Å². The molecule has 2 aliphatic rings. The second kappa shape index (κ2) is 9.52. The normalized spacial score (nSPS) is 16.3. The van der Waals surface area contributed by atoms with E-state index in [9.17, 15) is 14.4 Å². The summed E-state index contributed by atoms with van der Waals surface area (Å²) in [5.74, 6) is 0.0385. The van der Waals surface area contributed by atoms with E-state index in [0.717, 1.165) is 6.07 Å². The molecule has 2 aromatic carbocycles. The lowest BCUT2D eigenvalue weighted by Gasteiger charge is -2.31. The zero-order valence-corrected chi connectivity index (χ0v) is 22.1. The number of nitrogens with zero attached hydrogens (tertiary/aromatic N) is 4. The first-order valence-electron chi connectivity index (χ1n) is 12.1. The van der Waals surface area contributed by atoms with Gasteiger partial charge in [0.1, 0.15) is 35.4 Å². The lowest BCUT2D eigenvalue weighted by molar-refractivity contribution is 0.0751. The highest BCUT2D eigenvalue weighted by Gasteiger charge is 2.37. The van der Waals surface area contributed by atoms with E-state index in [1.165, 1.54) is 4.90 Å². The number of carbonyl (C=O) groups excluding carboxylic acids is 1. The Morgan fingerprint density at radius 3 is 2.53 bits per heavy atom. The Balaban J connectivity index is 1.44. The van der Waals surface area contributed by atoms with Crippen LogP contribution < -0.4 is 27.0 Å². The fourth-order valence-electron chi connectivity index (χ4n) is 4.61. The van der Waals surface area contributed by atoms with E-state index in [2.05, 4.69) is 26.5 Å². The average molecular weight is 544 g/mol. The fourth-order valence-corrected chi connectivity index (χ4v) is 4.86. The predicted molar refractivity (Wildman–Crippen MR) is 140 cm³/mol. The van der Waals surface area contributed by atoms with Crippen molar-refractivity contribution < 1.29 is 13.6 Å². The first-order chi connectivity index (χ1) is 18.0. The fraction of sp³-hybridized carbons (Fsp3) is 0.400. The lowest BCUT2D eigenvalue weighted by Crippen LogP contribution is -2.39. The highest BCUT2D eigenvalue weighted by atomic mass is 35.5. The molecule has 0 spiro atoms. The number of furan rings is 1. The number of hydrogen-bond acceptors (Lipinski definition) is 10. The zero-order chi connectivity index (χ0) is 27.4. The second-order valence-electron chi connectivity index (χ2n) is 10.5. The minimum absolute atomic E-state index is 0.00184. The topological polar surface area (TPSA) is 132 Å². The van der Waals surface area contributed by atoms with Crippen LogP contribution in [0.5, 0.6) is 0 Å². The number of hydrogen-bond donors (Lipinski definition) is 3. The van der Waals surface area contributed by atoms with Crippen molar-refractivity contribution >= 4 is 34.6 Å². The van der Waals surface area contributed by atoms with Gasteiger partial charge >= 0.3 is 0 Å². The van der Waals surface area contributed by atoms with E-state index >= 15 is 4.39 Å². The van der Waals surface area contributed by atoms with E-state index in [0.29, 0.717) is 36.8 Å². The van der Waals surface area contributed by atoms with Crippen molar-refractivity contribution in [1.29, 1.82) is 0 Å². The maximum absolute atomic E-state index is 15.2. The van der Waals surface area contributed by atoms with Crippen molar-refractivity contribution in [3.8, 4) is 0 Å². The third-order valence-corrected chi connectivity index (χ3v) is 7.01. The predicted octanol–water partition coefficient (Wildman–Crippen LogP) is 4.02. The molecule has 3 aromatic rings. The smallest absolute Gasteiger partial charge is 0.256 e. The number of amides is 1. The maximum Gasteiger partial charge on any atom is 0.256 e. The molecule has 3 N–H and O–H groups in total. The molecule has 11 nitrogen and oxygen atoms in total. The van der Waals surface area contributed by atoms with Gasteiger partial charge in [-0.3, -0.25) is 14.4 Å². The summed E-state index contributed by atoms with van der Waals surface area (Å²) < 4.78 is 21.0. The van der Waals surface area contributed by atoms with E-state index < -0.39 is 34.0 Å². The maximum atomic E-state index is 15.2. The highest BCUT2D eigenvalue weighted by Crippen LogP contribution is 2.40. The standard InChI is InChI=1S/C25H27ClFN7O4/c1-12-5-6-16(38-12)23(25(2,3)4)30-20-19(21(35)22(20)36)29-18-15(27)9-14(26)13-10-33(24(37)17(13)18)7-8-34-11-28-31-32-34/h5-6,9,23,29-30H,7-8,10-11H2,1-4H3,(H,28,32)/t23-/m0/s1. The molecule has 0 saturated heterocycles. The van der Waals surface area contributed by atoms with Crippen molar-refractivity contribution in [2.75, 3.05) is 30.4 Å². The summed E-state index contributed by atoms with van der Waals surface area (Å²) in [7, 11) is 0. The summed E-state index contributed by atoms with van der Waals surface area (Å²) in [4.78, 5) is 40.1. The van der Waals surface area contributed by atoms with Crippen molar-refractivity contribution in [3.63, 3.8) is 0 Å². The van der Waals surface area contributed by atoms with Gasteiger partial charge in [0.25, 0.3) is 16.8 Å². The van der Waals surface area contributed by atoms with Crippen LogP contribution in [0.25, 0.3) is 0 Å². The Bertz CT molecular complexity index is 1510. The van der Waals surface area contributed by atoms with Crippen LogP contribution in [-0.2, 0) is 6.54 Å². The van der Waals surface area contributed by atoms with Gasteiger partial charge in [0.2, 0.25) is 0 Å². The first kappa shape index (κ1) is 25.9. The van der Waals surface area contributed by atoms with Crippen LogP contribution >= 0.6 is 11.6 Å². The van der Waals surface area contributed by atoms with Gasteiger partial charge in [0.05, 0.1) is 17.3 Å². The largest absolute Gasteiger partial charge is 0.464 e. The number of anilines is 3. The molecule has 2 aliphatic heterocycles. The summed E-state index contributed by atoms with van der Waals surface area (Å²) in [6, 6.07) is 4.25. The molecular formula is C25H27ClFN7O4. The van der Waals surface area contributed by atoms with Gasteiger partial charge < -0.3 is 20.0 Å². The van der Waals surface area contributed by atoms with E-state index in [4.69, 9.17) is 16.0 Å². The number of halogens is 2. The van der Waals surface area contributed by atoms with E-state index in [1.54, 1.807) is 11.1 Å². The summed E-state index contributed by atoms with van der Waals surface area (Å²) in [6.45, 7) is 8.95. The number of hydrazine groups is 1. The third-order valence-electron chi connectivity index (χ3n) is 6.67. The molecule has 0 saturated carbocycles. The lowest BCUT2D eigenvalue weighted by atomic mass is 9.85. The molecule has 200 valence electrons. The van der Waals surface area contributed by atoms with Crippen molar-refractivity contribution in [2.24, 2.45) is 15.8 Å². The number of nitrogens with one attached hydrogen (secondary N) is 3. The van der Waals surface area contributed by atoms with Gasteiger partial charge in [-0.1, -0.05) is 37.6 Å². The molecule has 1 atom stereocenters. The van der Waals surface area contributed by atoms with Crippen LogP contribution in [0.15, 0.2) is 42.5 Å². The van der Waals surface area contributed by atoms with Crippen molar-refractivity contribution in [3.05, 3.63) is 72.1 Å². The molecule has 1 aromatic heterocycles. The number of benzene rings is 1. The SMILES string of the molecule is Cc1ccc([C@H](Nc2c(Nc3c(F)cc(Cl)c4c3C(=O)N(CCN3CN=NN3)C4)c(=O)c2=O)C(C)(C)C)o1. The highest BCUT2D eigenvalue weighted by molar-refractivity contribution is 6.32.